The first-order valence-electron chi connectivity index (χ1n) is 12.8. The quantitative estimate of drug-likeness (QED) is 0.359. The zero-order chi connectivity index (χ0) is 27.6. The summed E-state index contributed by atoms with van der Waals surface area (Å²) in [5.74, 6) is -3.30. The summed E-state index contributed by atoms with van der Waals surface area (Å²) in [5, 5.41) is 20.0. The van der Waals surface area contributed by atoms with Crippen molar-refractivity contribution < 1.29 is 23.5 Å². The van der Waals surface area contributed by atoms with Gasteiger partial charge >= 0.3 is 0 Å². The van der Waals surface area contributed by atoms with Crippen LogP contribution >= 0.6 is 0 Å². The minimum atomic E-state index is -2.73. The molecule has 0 aliphatic heterocycles. The van der Waals surface area contributed by atoms with Crippen LogP contribution in [-0.4, -0.2) is 52.0 Å². The van der Waals surface area contributed by atoms with Gasteiger partial charge in [0.15, 0.2) is 6.23 Å². The van der Waals surface area contributed by atoms with Crippen molar-refractivity contribution in [3.63, 3.8) is 0 Å². The maximum absolute atomic E-state index is 13.9. The molecule has 3 heterocycles. The molecule has 0 saturated heterocycles. The van der Waals surface area contributed by atoms with Gasteiger partial charge in [-0.15, -0.1) is 0 Å². The van der Waals surface area contributed by atoms with Gasteiger partial charge < -0.3 is 15.7 Å². The number of rotatable bonds is 9. The van der Waals surface area contributed by atoms with Gasteiger partial charge in [-0.05, 0) is 44.6 Å². The zero-order valence-corrected chi connectivity index (χ0v) is 21.9. The van der Waals surface area contributed by atoms with Crippen molar-refractivity contribution in [3.8, 4) is 0 Å². The second-order valence-electron chi connectivity index (χ2n) is 10.6. The number of hydrogen-bond donors (Lipinski definition) is 3. The predicted octanol–water partition coefficient (Wildman–Crippen LogP) is 3.35. The number of nitrogens with one attached hydrogen (secondary N) is 2. The fourth-order valence-electron chi connectivity index (χ4n) is 4.69. The number of carbonyl (C=O) groups is 2. The molecule has 1 aliphatic carbocycles. The van der Waals surface area contributed by atoms with Crippen LogP contribution in [0.25, 0.3) is 5.78 Å². The molecule has 11 nitrogen and oxygen atoms in total. The number of halogens is 2. The monoisotopic (exact) mass is 532 g/mol. The number of aliphatic hydroxyl groups is 1. The van der Waals surface area contributed by atoms with E-state index in [1.807, 2.05) is 27.7 Å². The minimum absolute atomic E-state index is 0.102. The van der Waals surface area contributed by atoms with Crippen LogP contribution in [0.15, 0.2) is 24.8 Å². The number of imidazole rings is 1. The highest BCUT2D eigenvalue weighted by Crippen LogP contribution is 2.41. The lowest BCUT2D eigenvalue weighted by Gasteiger charge is -2.33. The number of amides is 2. The molecule has 0 unspecified atom stereocenters. The van der Waals surface area contributed by atoms with E-state index < -0.39 is 24.1 Å². The number of aromatic nitrogens is 6. The average molecular weight is 533 g/mol. The summed E-state index contributed by atoms with van der Waals surface area (Å²) >= 11 is 0. The van der Waals surface area contributed by atoms with Crippen LogP contribution in [0.4, 0.5) is 8.78 Å². The molecular formula is C25H34F2N8O3. The van der Waals surface area contributed by atoms with Crippen molar-refractivity contribution in [2.75, 3.05) is 0 Å². The number of fused-ring (bicyclic) bond motifs is 1. The number of aliphatic hydroxyl groups excluding tert-OH is 1. The van der Waals surface area contributed by atoms with Crippen LogP contribution in [0.1, 0.15) is 100 Å². The fraction of sp³-hybridized carbons (Fsp3) is 0.600. The van der Waals surface area contributed by atoms with Crippen LogP contribution < -0.4 is 10.6 Å². The molecule has 0 aromatic carbocycles. The molecule has 0 spiro atoms. The van der Waals surface area contributed by atoms with E-state index in [1.54, 1.807) is 22.9 Å². The summed E-state index contributed by atoms with van der Waals surface area (Å²) < 4.78 is 31.0. The first-order chi connectivity index (χ1) is 17.9. The van der Waals surface area contributed by atoms with Gasteiger partial charge in [0.1, 0.15) is 6.33 Å². The van der Waals surface area contributed by atoms with Crippen molar-refractivity contribution in [1.82, 2.24) is 39.8 Å². The number of hydrogen-bond acceptors (Lipinski definition) is 7. The smallest absolute Gasteiger partial charge is 0.289 e. The van der Waals surface area contributed by atoms with Gasteiger partial charge in [-0.1, -0.05) is 13.8 Å². The van der Waals surface area contributed by atoms with E-state index in [0.29, 0.717) is 5.69 Å². The summed E-state index contributed by atoms with van der Waals surface area (Å²) in [6.45, 7) is 7.55. The molecule has 1 aliphatic rings. The third-order valence-corrected chi connectivity index (χ3v) is 6.64. The largest absolute Gasteiger partial charge is 0.368 e. The van der Waals surface area contributed by atoms with E-state index in [4.69, 9.17) is 0 Å². The Kier molecular flexibility index (Phi) is 8.05. The van der Waals surface area contributed by atoms with Gasteiger partial charge in [0.25, 0.3) is 5.91 Å². The second-order valence-corrected chi connectivity index (χ2v) is 10.6. The van der Waals surface area contributed by atoms with Crippen molar-refractivity contribution >= 4 is 17.6 Å². The van der Waals surface area contributed by atoms with Crippen LogP contribution in [0, 0.1) is 11.8 Å². The Morgan fingerprint density at radius 3 is 2.47 bits per heavy atom. The standard InChI is InChI=1S/C25H34F2N8O3/c1-14(2)11-19(36)32-22(37)17-7-10-34-12-18(31-24(34)30-17)20(16-5-8-25(26,27)9-6-16)33-23(38)21-28-13-29-35(21)15(3)4/h7,10,12-16,20,22,37H,5-6,8-9,11H2,1-4H3,(H,32,36)(H,33,38)/t20-,22+/m0/s1. The Hall–Kier alpha value is -3.48. The molecule has 4 rings (SSSR count). The zero-order valence-electron chi connectivity index (χ0n) is 21.9. The molecule has 0 bridgehead atoms. The first kappa shape index (κ1) is 27.6. The highest BCUT2D eigenvalue weighted by atomic mass is 19.3. The molecule has 13 heteroatoms. The Bertz CT molecular complexity index is 1280. The molecular weight excluding hydrogens is 498 g/mol. The summed E-state index contributed by atoms with van der Waals surface area (Å²) in [6, 6.07) is 0.783. The van der Waals surface area contributed by atoms with Gasteiger partial charge in [-0.25, -0.2) is 28.4 Å². The van der Waals surface area contributed by atoms with E-state index in [2.05, 4.69) is 30.7 Å². The predicted molar refractivity (Wildman–Crippen MR) is 133 cm³/mol. The lowest BCUT2D eigenvalue weighted by molar-refractivity contribution is -0.125. The molecule has 3 aromatic rings. The first-order valence-corrected chi connectivity index (χ1v) is 12.8. The second kappa shape index (κ2) is 11.1. The summed E-state index contributed by atoms with van der Waals surface area (Å²) in [4.78, 5) is 38.3. The van der Waals surface area contributed by atoms with Crippen LogP contribution in [0.2, 0.25) is 0 Å². The molecule has 2 amide bonds. The number of carbonyl (C=O) groups excluding carboxylic acids is 2. The Balaban J connectivity index is 1.61. The molecule has 38 heavy (non-hydrogen) atoms. The minimum Gasteiger partial charge on any atom is -0.368 e. The van der Waals surface area contributed by atoms with Crippen LogP contribution in [0.5, 0.6) is 0 Å². The van der Waals surface area contributed by atoms with E-state index in [0.717, 1.165) is 0 Å². The Morgan fingerprint density at radius 1 is 1.13 bits per heavy atom. The SMILES string of the molecule is CC(C)CC(=O)N[C@H](O)c1ccn2cc([C@@H](NC(=O)c3ncnn3C(C)C)C3CCC(F)(F)CC3)nc2n1. The highest BCUT2D eigenvalue weighted by molar-refractivity contribution is 5.90. The summed E-state index contributed by atoms with van der Waals surface area (Å²) in [7, 11) is 0. The highest BCUT2D eigenvalue weighted by Gasteiger charge is 2.39. The number of alkyl halides is 2. The van der Waals surface area contributed by atoms with E-state index in [-0.39, 0.29) is 73.2 Å². The molecule has 0 radical (unpaired) electrons. The van der Waals surface area contributed by atoms with Crippen molar-refractivity contribution in [2.24, 2.45) is 11.8 Å². The molecule has 1 fully saturated rings. The van der Waals surface area contributed by atoms with Gasteiger partial charge in [0.05, 0.1) is 17.4 Å². The third-order valence-electron chi connectivity index (χ3n) is 6.64. The third kappa shape index (κ3) is 6.32. The van der Waals surface area contributed by atoms with Gasteiger partial charge in [0.2, 0.25) is 23.4 Å². The van der Waals surface area contributed by atoms with Crippen molar-refractivity contribution in [1.29, 1.82) is 0 Å². The molecule has 2 atom stereocenters. The van der Waals surface area contributed by atoms with Crippen LogP contribution in [0.3, 0.4) is 0 Å². The summed E-state index contributed by atoms with van der Waals surface area (Å²) in [5.41, 5.74) is 0.654. The van der Waals surface area contributed by atoms with E-state index in [9.17, 15) is 23.5 Å². The average Bonchev–Trinajstić information content (AvgIpc) is 3.49. The molecule has 3 N–H and O–H groups in total. The molecule has 3 aromatic heterocycles. The lowest BCUT2D eigenvalue weighted by atomic mass is 9.81. The number of nitrogens with zero attached hydrogens (tertiary/aromatic N) is 6. The van der Waals surface area contributed by atoms with E-state index in [1.165, 1.54) is 11.0 Å². The van der Waals surface area contributed by atoms with Gasteiger partial charge in [-0.2, -0.15) is 5.10 Å². The topological polar surface area (TPSA) is 139 Å². The van der Waals surface area contributed by atoms with Gasteiger partial charge in [-0.3, -0.25) is 14.0 Å². The Labute approximate surface area is 219 Å². The lowest BCUT2D eigenvalue weighted by Crippen LogP contribution is -2.38. The normalized spacial score (nSPS) is 17.6. The maximum Gasteiger partial charge on any atom is 0.289 e. The van der Waals surface area contributed by atoms with Crippen molar-refractivity contribution in [2.45, 2.75) is 84.0 Å². The Morgan fingerprint density at radius 2 is 1.82 bits per heavy atom. The van der Waals surface area contributed by atoms with Crippen LogP contribution in [-0.2, 0) is 4.79 Å². The molecule has 1 saturated carbocycles. The van der Waals surface area contributed by atoms with Crippen molar-refractivity contribution in [3.05, 3.63) is 42.0 Å². The summed E-state index contributed by atoms with van der Waals surface area (Å²) in [6.07, 6.45) is 3.44. The molecule has 206 valence electrons. The maximum atomic E-state index is 13.9. The van der Waals surface area contributed by atoms with E-state index >= 15 is 0 Å². The van der Waals surface area contributed by atoms with Gasteiger partial charge in [0, 0.05) is 37.7 Å². The fourth-order valence-corrected chi connectivity index (χ4v) is 4.69.